The van der Waals surface area contributed by atoms with E-state index in [-0.39, 0.29) is 5.56 Å². The Hall–Kier alpha value is -5.99. The Kier molecular flexibility index (Phi) is 5.69. The maximum absolute atomic E-state index is 13.9. The zero-order valence-corrected chi connectivity index (χ0v) is 24.4. The van der Waals surface area contributed by atoms with Gasteiger partial charge in [-0.2, -0.15) is 0 Å². The van der Waals surface area contributed by atoms with Crippen LogP contribution in [0.15, 0.2) is 169 Å². The number of pyridine rings is 1. The van der Waals surface area contributed by atoms with Crippen LogP contribution in [0.2, 0.25) is 0 Å². The molecule has 45 heavy (non-hydrogen) atoms. The lowest BCUT2D eigenvalue weighted by atomic mass is 9.85. The summed E-state index contributed by atoms with van der Waals surface area (Å²) in [4.78, 5) is 13.9. The Morgan fingerprint density at radius 1 is 0.356 bits per heavy atom. The van der Waals surface area contributed by atoms with Gasteiger partial charge >= 0.3 is 0 Å². The Morgan fingerprint density at radius 3 is 1.49 bits per heavy atom. The van der Waals surface area contributed by atoms with Gasteiger partial charge in [0.1, 0.15) is 0 Å². The van der Waals surface area contributed by atoms with Gasteiger partial charge in [0.05, 0.1) is 5.52 Å². The van der Waals surface area contributed by atoms with Crippen LogP contribution in [0.1, 0.15) is 0 Å². The molecule has 0 amide bonds. The van der Waals surface area contributed by atoms with E-state index < -0.39 is 0 Å². The van der Waals surface area contributed by atoms with Crippen LogP contribution in [-0.4, -0.2) is 4.57 Å². The molecular formula is C43H27NO. The molecule has 0 aliphatic carbocycles. The highest BCUT2D eigenvalue weighted by molar-refractivity contribution is 6.22. The van der Waals surface area contributed by atoms with Crippen LogP contribution in [-0.2, 0) is 0 Å². The quantitative estimate of drug-likeness (QED) is 0.152. The molecule has 0 aliphatic heterocycles. The lowest BCUT2D eigenvalue weighted by Crippen LogP contribution is -2.19. The lowest BCUT2D eigenvalue weighted by molar-refractivity contribution is 1.06. The molecule has 0 spiro atoms. The van der Waals surface area contributed by atoms with Gasteiger partial charge in [-0.15, -0.1) is 0 Å². The summed E-state index contributed by atoms with van der Waals surface area (Å²) in [5.41, 5.74) is 6.55. The maximum atomic E-state index is 13.9. The molecule has 8 aromatic carbocycles. The number of hydrogen-bond donors (Lipinski definition) is 0. The van der Waals surface area contributed by atoms with Gasteiger partial charge in [-0.25, -0.2) is 0 Å². The van der Waals surface area contributed by atoms with E-state index in [9.17, 15) is 4.79 Å². The molecule has 9 rings (SSSR count). The zero-order chi connectivity index (χ0) is 29.9. The number of hydrogen-bond acceptors (Lipinski definition) is 1. The third-order valence-electron chi connectivity index (χ3n) is 9.16. The third-order valence-corrected chi connectivity index (χ3v) is 9.16. The Labute approximate surface area is 260 Å². The fraction of sp³-hybridized carbons (Fsp3) is 0. The second-order valence-electron chi connectivity index (χ2n) is 11.7. The lowest BCUT2D eigenvalue weighted by Gasteiger charge is -2.19. The Balaban J connectivity index is 1.38. The number of benzene rings is 8. The number of nitrogens with zero attached hydrogens (tertiary/aromatic N) is 1. The molecule has 0 radical (unpaired) electrons. The highest BCUT2D eigenvalue weighted by Crippen LogP contribution is 2.44. The summed E-state index contributed by atoms with van der Waals surface area (Å²) in [7, 11) is 0. The average molecular weight is 574 g/mol. The molecule has 1 heterocycles. The Morgan fingerprint density at radius 2 is 0.844 bits per heavy atom. The second kappa shape index (κ2) is 10.0. The predicted molar refractivity (Wildman–Crippen MR) is 190 cm³/mol. The highest BCUT2D eigenvalue weighted by atomic mass is 16.1. The van der Waals surface area contributed by atoms with Gasteiger partial charge in [0.15, 0.2) is 0 Å². The molecular weight excluding hydrogens is 546 g/mol. The van der Waals surface area contributed by atoms with E-state index >= 15 is 0 Å². The van der Waals surface area contributed by atoms with Gasteiger partial charge < -0.3 is 0 Å². The number of aromatic nitrogens is 1. The molecule has 0 saturated carbocycles. The standard InChI is InChI=1S/C43H27NO/c45-43-38-21-11-6-16-33(38)39-27-31(24-25-40(39)44(43)32-14-2-1-3-15-32)42-36-19-9-7-17-34(36)41(35-18-8-10-20-37(35)42)30-23-22-28-12-4-5-13-29(28)26-30/h1-27H. The molecule has 0 bridgehead atoms. The number of fused-ring (bicyclic) bond motifs is 6. The van der Waals surface area contributed by atoms with Crippen molar-refractivity contribution in [2.45, 2.75) is 0 Å². The molecule has 0 aliphatic rings. The van der Waals surface area contributed by atoms with Crippen molar-refractivity contribution in [2.75, 3.05) is 0 Å². The van der Waals surface area contributed by atoms with Gasteiger partial charge in [-0.05, 0) is 96.4 Å². The average Bonchev–Trinajstić information content (AvgIpc) is 3.11. The van der Waals surface area contributed by atoms with E-state index in [0.29, 0.717) is 5.39 Å². The van der Waals surface area contributed by atoms with E-state index in [0.717, 1.165) is 27.5 Å². The van der Waals surface area contributed by atoms with E-state index in [2.05, 4.69) is 115 Å². The van der Waals surface area contributed by atoms with E-state index in [1.165, 1.54) is 49.0 Å². The number of rotatable bonds is 3. The van der Waals surface area contributed by atoms with Gasteiger partial charge in [-0.1, -0.05) is 127 Å². The van der Waals surface area contributed by atoms with E-state index in [1.54, 1.807) is 0 Å². The molecule has 210 valence electrons. The van der Waals surface area contributed by atoms with E-state index in [4.69, 9.17) is 0 Å². The largest absolute Gasteiger partial charge is 0.276 e. The van der Waals surface area contributed by atoms with Gasteiger partial charge in [0.25, 0.3) is 5.56 Å². The summed E-state index contributed by atoms with van der Waals surface area (Å²) in [6, 6.07) is 57.3. The minimum absolute atomic E-state index is 0.00677. The first-order valence-electron chi connectivity index (χ1n) is 15.3. The van der Waals surface area contributed by atoms with Crippen molar-refractivity contribution in [2.24, 2.45) is 0 Å². The summed E-state index contributed by atoms with van der Waals surface area (Å²) >= 11 is 0. The first-order valence-corrected chi connectivity index (χ1v) is 15.3. The van der Waals surface area contributed by atoms with Crippen molar-refractivity contribution in [1.29, 1.82) is 0 Å². The molecule has 2 heteroatoms. The van der Waals surface area contributed by atoms with Gasteiger partial charge in [0, 0.05) is 16.5 Å². The van der Waals surface area contributed by atoms with Crippen LogP contribution in [0.4, 0.5) is 0 Å². The molecule has 9 aromatic rings. The molecule has 0 unspecified atom stereocenters. The summed E-state index contributed by atoms with van der Waals surface area (Å²) in [5.74, 6) is 0. The second-order valence-corrected chi connectivity index (χ2v) is 11.7. The zero-order valence-electron chi connectivity index (χ0n) is 24.4. The van der Waals surface area contributed by atoms with Crippen molar-refractivity contribution in [1.82, 2.24) is 4.57 Å². The summed E-state index contributed by atoms with van der Waals surface area (Å²) in [5, 5.41) is 10.1. The van der Waals surface area contributed by atoms with Gasteiger partial charge in [-0.3, -0.25) is 9.36 Å². The maximum Gasteiger partial charge on any atom is 0.263 e. The monoisotopic (exact) mass is 573 g/mol. The molecule has 0 saturated heterocycles. The van der Waals surface area contributed by atoms with Crippen molar-refractivity contribution in [3.8, 4) is 27.9 Å². The summed E-state index contributed by atoms with van der Waals surface area (Å²) in [6.45, 7) is 0. The Bertz CT molecular complexity index is 2610. The van der Waals surface area contributed by atoms with Crippen LogP contribution in [0.25, 0.3) is 81.9 Å². The topological polar surface area (TPSA) is 22.0 Å². The van der Waals surface area contributed by atoms with Crippen molar-refractivity contribution in [3.63, 3.8) is 0 Å². The molecule has 0 fully saturated rings. The smallest absolute Gasteiger partial charge is 0.263 e. The van der Waals surface area contributed by atoms with Crippen molar-refractivity contribution in [3.05, 3.63) is 174 Å². The summed E-state index contributed by atoms with van der Waals surface area (Å²) < 4.78 is 1.85. The SMILES string of the molecule is O=c1c2ccccc2c2cc(-c3c4ccccc4c(-c4ccc5ccccc5c4)c4ccccc34)ccc2n1-c1ccccc1. The molecule has 2 nitrogen and oxygen atoms in total. The normalized spacial score (nSPS) is 11.6. The van der Waals surface area contributed by atoms with Crippen LogP contribution >= 0.6 is 0 Å². The number of para-hydroxylation sites is 1. The van der Waals surface area contributed by atoms with Crippen LogP contribution in [0.3, 0.4) is 0 Å². The van der Waals surface area contributed by atoms with Crippen LogP contribution in [0, 0.1) is 0 Å². The predicted octanol–water partition coefficient (Wildman–Crippen LogP) is 10.9. The summed E-state index contributed by atoms with van der Waals surface area (Å²) in [6.07, 6.45) is 0. The van der Waals surface area contributed by atoms with E-state index in [1.807, 2.05) is 53.1 Å². The van der Waals surface area contributed by atoms with Crippen LogP contribution in [0.5, 0.6) is 0 Å². The molecule has 1 aromatic heterocycles. The van der Waals surface area contributed by atoms with Gasteiger partial charge in [0.2, 0.25) is 0 Å². The van der Waals surface area contributed by atoms with Crippen molar-refractivity contribution < 1.29 is 0 Å². The highest BCUT2D eigenvalue weighted by Gasteiger charge is 2.19. The fourth-order valence-corrected chi connectivity index (χ4v) is 7.17. The first kappa shape index (κ1) is 25.5. The minimum atomic E-state index is -0.00677. The molecule has 0 atom stereocenters. The van der Waals surface area contributed by atoms with Crippen LogP contribution < -0.4 is 5.56 Å². The first-order chi connectivity index (χ1) is 22.3. The minimum Gasteiger partial charge on any atom is -0.276 e. The molecule has 0 N–H and O–H groups in total. The fourth-order valence-electron chi connectivity index (χ4n) is 7.17. The van der Waals surface area contributed by atoms with Crippen molar-refractivity contribution >= 4 is 54.0 Å². The third kappa shape index (κ3) is 3.93.